The highest BCUT2D eigenvalue weighted by atomic mass is 35.5. The number of benzene rings is 1. The molecule has 2 heterocycles. The summed E-state index contributed by atoms with van der Waals surface area (Å²) in [5.74, 6) is 1.14. The molecule has 5 nitrogen and oxygen atoms in total. The van der Waals surface area contributed by atoms with Gasteiger partial charge < -0.3 is 15.0 Å². The Hall–Kier alpha value is -0.720. The monoisotopic (exact) mass is 423 g/mol. The molecule has 8 heteroatoms. The van der Waals surface area contributed by atoms with E-state index < -0.39 is 0 Å². The lowest BCUT2D eigenvalue weighted by Crippen LogP contribution is -2.54. The molecule has 26 heavy (non-hydrogen) atoms. The minimum Gasteiger partial charge on any atom is -0.496 e. The van der Waals surface area contributed by atoms with E-state index in [2.05, 4.69) is 10.2 Å². The van der Waals surface area contributed by atoms with Crippen molar-refractivity contribution in [3.8, 4) is 5.75 Å². The van der Waals surface area contributed by atoms with Crippen LogP contribution in [0.25, 0.3) is 0 Å². The predicted molar refractivity (Wildman–Crippen MR) is 110 cm³/mol. The minimum atomic E-state index is 0. The standard InChI is InChI=1S/C18H26ClN3O2.2ClH/c1-24-17-6-5-15(19)12-14(17)13-21-8-10-22(11-9-21)18(23)16-4-2-3-7-20-16;;/h5-6,12,16,20H,2-4,7-11,13H2,1H3;2*1H/t16-;;/m1../s1. The van der Waals surface area contributed by atoms with Gasteiger partial charge in [-0.3, -0.25) is 9.69 Å². The number of nitrogens with one attached hydrogen (secondary N) is 1. The maximum atomic E-state index is 12.6. The molecule has 2 aliphatic heterocycles. The highest BCUT2D eigenvalue weighted by Gasteiger charge is 2.28. The molecule has 0 unspecified atom stereocenters. The first kappa shape index (κ1) is 23.3. The van der Waals surface area contributed by atoms with Crippen LogP contribution in [0.1, 0.15) is 24.8 Å². The summed E-state index contributed by atoms with van der Waals surface area (Å²) in [6.45, 7) is 5.11. The van der Waals surface area contributed by atoms with E-state index >= 15 is 0 Å². The van der Waals surface area contributed by atoms with Crippen LogP contribution >= 0.6 is 36.4 Å². The molecule has 1 atom stereocenters. The van der Waals surface area contributed by atoms with Crippen LogP contribution in [0.15, 0.2) is 18.2 Å². The fourth-order valence-corrected chi connectivity index (χ4v) is 3.72. The summed E-state index contributed by atoms with van der Waals surface area (Å²) >= 11 is 6.11. The van der Waals surface area contributed by atoms with Crippen LogP contribution in [-0.2, 0) is 11.3 Å². The van der Waals surface area contributed by atoms with Crippen LogP contribution in [0, 0.1) is 0 Å². The van der Waals surface area contributed by atoms with Crippen LogP contribution in [-0.4, -0.2) is 61.6 Å². The number of nitrogens with zero attached hydrogens (tertiary/aromatic N) is 2. The first-order valence-corrected chi connectivity index (χ1v) is 9.12. The van der Waals surface area contributed by atoms with Gasteiger partial charge in [0.25, 0.3) is 0 Å². The van der Waals surface area contributed by atoms with Crippen molar-refractivity contribution in [2.24, 2.45) is 0 Å². The van der Waals surface area contributed by atoms with Crippen molar-refractivity contribution < 1.29 is 9.53 Å². The van der Waals surface area contributed by atoms with E-state index in [4.69, 9.17) is 16.3 Å². The van der Waals surface area contributed by atoms with Crippen molar-refractivity contribution >= 4 is 42.3 Å². The number of rotatable bonds is 4. The van der Waals surface area contributed by atoms with Gasteiger partial charge in [0.2, 0.25) is 5.91 Å². The summed E-state index contributed by atoms with van der Waals surface area (Å²) in [5, 5.41) is 4.08. The Bertz CT molecular complexity index is 575. The Labute approximate surface area is 173 Å². The molecule has 0 bridgehead atoms. The summed E-state index contributed by atoms with van der Waals surface area (Å²) in [6.07, 6.45) is 3.30. The molecule has 0 aromatic heterocycles. The first-order valence-electron chi connectivity index (χ1n) is 8.74. The lowest BCUT2D eigenvalue weighted by molar-refractivity contribution is -0.135. The largest absolute Gasteiger partial charge is 0.496 e. The summed E-state index contributed by atoms with van der Waals surface area (Å²) in [5.41, 5.74) is 1.10. The number of hydrogen-bond acceptors (Lipinski definition) is 4. The second kappa shape index (κ2) is 11.2. The van der Waals surface area contributed by atoms with E-state index in [0.717, 1.165) is 68.4 Å². The van der Waals surface area contributed by atoms with Gasteiger partial charge in [-0.1, -0.05) is 18.0 Å². The van der Waals surface area contributed by atoms with Crippen LogP contribution in [0.5, 0.6) is 5.75 Å². The van der Waals surface area contributed by atoms with E-state index in [1.54, 1.807) is 7.11 Å². The highest BCUT2D eigenvalue weighted by molar-refractivity contribution is 6.30. The zero-order valence-corrected chi connectivity index (χ0v) is 17.5. The van der Waals surface area contributed by atoms with Gasteiger partial charge in [0.05, 0.1) is 13.2 Å². The summed E-state index contributed by atoms with van der Waals surface area (Å²) < 4.78 is 5.42. The quantitative estimate of drug-likeness (QED) is 0.807. The van der Waals surface area contributed by atoms with Crippen molar-refractivity contribution in [3.63, 3.8) is 0 Å². The SMILES string of the molecule is COc1ccc(Cl)cc1CN1CCN(C(=O)[C@H]2CCCCN2)CC1.Cl.Cl. The number of ether oxygens (including phenoxy) is 1. The van der Waals surface area contributed by atoms with Crippen LogP contribution in [0.4, 0.5) is 0 Å². The smallest absolute Gasteiger partial charge is 0.239 e. The van der Waals surface area contributed by atoms with Gasteiger partial charge in [-0.15, -0.1) is 24.8 Å². The second-order valence-electron chi connectivity index (χ2n) is 6.56. The number of amides is 1. The van der Waals surface area contributed by atoms with E-state index in [0.29, 0.717) is 0 Å². The molecule has 0 spiro atoms. The lowest BCUT2D eigenvalue weighted by atomic mass is 10.0. The molecule has 2 fully saturated rings. The predicted octanol–water partition coefficient (Wildman–Crippen LogP) is 2.98. The number of piperazine rings is 1. The Balaban J connectivity index is 0.00000169. The Morgan fingerprint density at radius 2 is 1.96 bits per heavy atom. The molecule has 1 N–H and O–H groups in total. The molecule has 2 saturated heterocycles. The number of methoxy groups -OCH3 is 1. The number of hydrogen-bond donors (Lipinski definition) is 1. The van der Waals surface area contributed by atoms with Crippen LogP contribution in [0.3, 0.4) is 0 Å². The van der Waals surface area contributed by atoms with Gasteiger partial charge in [-0.05, 0) is 37.6 Å². The molecule has 1 aromatic carbocycles. The molecule has 148 valence electrons. The zero-order valence-electron chi connectivity index (χ0n) is 15.1. The zero-order chi connectivity index (χ0) is 16.9. The van der Waals surface area contributed by atoms with E-state index in [-0.39, 0.29) is 36.8 Å². The molecule has 2 aliphatic rings. The number of piperidine rings is 1. The molecule has 0 aliphatic carbocycles. The molecule has 1 amide bonds. The van der Waals surface area contributed by atoms with Gasteiger partial charge in [-0.2, -0.15) is 0 Å². The third-order valence-electron chi connectivity index (χ3n) is 4.93. The molecular formula is C18H28Cl3N3O2. The maximum absolute atomic E-state index is 12.6. The first-order chi connectivity index (χ1) is 11.7. The summed E-state index contributed by atoms with van der Waals surface area (Å²) in [7, 11) is 1.68. The Morgan fingerprint density at radius 3 is 2.58 bits per heavy atom. The van der Waals surface area contributed by atoms with Crippen molar-refractivity contribution in [1.29, 1.82) is 0 Å². The van der Waals surface area contributed by atoms with E-state index in [1.165, 1.54) is 6.42 Å². The van der Waals surface area contributed by atoms with Crippen LogP contribution in [0.2, 0.25) is 5.02 Å². The average molecular weight is 425 g/mol. The Morgan fingerprint density at radius 1 is 1.23 bits per heavy atom. The summed E-state index contributed by atoms with van der Waals surface area (Å²) in [6, 6.07) is 5.74. The fraction of sp³-hybridized carbons (Fsp3) is 0.611. The molecule has 0 saturated carbocycles. The van der Waals surface area contributed by atoms with Crippen molar-refractivity contribution in [2.45, 2.75) is 31.8 Å². The van der Waals surface area contributed by atoms with Gasteiger partial charge in [-0.25, -0.2) is 0 Å². The van der Waals surface area contributed by atoms with E-state index in [9.17, 15) is 4.79 Å². The van der Waals surface area contributed by atoms with Gasteiger partial charge in [0, 0.05) is 43.3 Å². The van der Waals surface area contributed by atoms with E-state index in [1.807, 2.05) is 23.1 Å². The highest BCUT2D eigenvalue weighted by Crippen LogP contribution is 2.24. The molecule has 3 rings (SSSR count). The lowest BCUT2D eigenvalue weighted by Gasteiger charge is -2.37. The average Bonchev–Trinajstić information content (AvgIpc) is 2.63. The fourth-order valence-electron chi connectivity index (χ4n) is 3.52. The summed E-state index contributed by atoms with van der Waals surface area (Å²) in [4.78, 5) is 16.9. The second-order valence-corrected chi connectivity index (χ2v) is 7.00. The minimum absolute atomic E-state index is 0. The topological polar surface area (TPSA) is 44.8 Å². The van der Waals surface area contributed by atoms with Crippen molar-refractivity contribution in [3.05, 3.63) is 28.8 Å². The number of carbonyl (C=O) groups is 1. The third kappa shape index (κ3) is 5.89. The van der Waals surface area contributed by atoms with Crippen molar-refractivity contribution in [1.82, 2.24) is 15.1 Å². The number of halogens is 3. The molecule has 1 aromatic rings. The third-order valence-corrected chi connectivity index (χ3v) is 5.16. The van der Waals surface area contributed by atoms with Crippen molar-refractivity contribution in [2.75, 3.05) is 39.8 Å². The molecular weight excluding hydrogens is 397 g/mol. The van der Waals surface area contributed by atoms with Gasteiger partial charge >= 0.3 is 0 Å². The molecule has 0 radical (unpaired) electrons. The van der Waals surface area contributed by atoms with Crippen LogP contribution < -0.4 is 10.1 Å². The maximum Gasteiger partial charge on any atom is 0.239 e. The normalized spacial score (nSPS) is 20.7. The van der Waals surface area contributed by atoms with Gasteiger partial charge in [0.15, 0.2) is 0 Å². The number of carbonyl (C=O) groups excluding carboxylic acids is 1. The Kier molecular flexibility index (Phi) is 10.0. The van der Waals surface area contributed by atoms with Gasteiger partial charge in [0.1, 0.15) is 5.75 Å².